The van der Waals surface area contributed by atoms with E-state index >= 15 is 0 Å². The molecule has 176 valence electrons. The lowest BCUT2D eigenvalue weighted by Gasteiger charge is -2.35. The molecule has 3 aliphatic rings. The lowest BCUT2D eigenvalue weighted by Crippen LogP contribution is -2.39. The van der Waals surface area contributed by atoms with Crippen LogP contribution >= 0.6 is 15.9 Å². The average Bonchev–Trinajstić information content (AvgIpc) is 3.52. The fourth-order valence-electron chi connectivity index (χ4n) is 5.00. The summed E-state index contributed by atoms with van der Waals surface area (Å²) >= 11 is 3.56. The summed E-state index contributed by atoms with van der Waals surface area (Å²) in [6, 6.07) is 9.37. The number of rotatable bonds is 4. The molecule has 5 rings (SSSR count). The molecule has 1 N–H and O–H groups in total. The first-order valence-corrected chi connectivity index (χ1v) is 12.5. The van der Waals surface area contributed by atoms with Crippen molar-refractivity contribution in [3.05, 3.63) is 46.1 Å². The van der Waals surface area contributed by atoms with Gasteiger partial charge in [0.05, 0.1) is 11.3 Å². The van der Waals surface area contributed by atoms with E-state index in [0.29, 0.717) is 22.5 Å². The Labute approximate surface area is 201 Å². The van der Waals surface area contributed by atoms with Gasteiger partial charge in [-0.05, 0) is 62.3 Å². The molecular weight excluding hydrogens is 490 g/mol. The Morgan fingerprint density at radius 3 is 2.30 bits per heavy atom. The van der Waals surface area contributed by atoms with Crippen LogP contribution in [0.25, 0.3) is 0 Å². The fraction of sp³-hybridized carbons (Fsp3) is 0.520. The van der Waals surface area contributed by atoms with Gasteiger partial charge in [-0.25, -0.2) is 13.8 Å². The van der Waals surface area contributed by atoms with E-state index < -0.39 is 5.92 Å². The largest absolute Gasteiger partial charge is 0.371 e. The maximum atomic E-state index is 13.6. The summed E-state index contributed by atoms with van der Waals surface area (Å²) in [5.41, 5.74) is 3.51. The number of benzene rings is 1. The third kappa shape index (κ3) is 5.00. The van der Waals surface area contributed by atoms with Crippen LogP contribution in [0, 0.1) is 12.3 Å². The zero-order valence-electron chi connectivity index (χ0n) is 18.8. The highest BCUT2D eigenvalue weighted by Gasteiger charge is 2.44. The monoisotopic (exact) mass is 518 g/mol. The summed E-state index contributed by atoms with van der Waals surface area (Å²) in [5.74, 6) is -2.16. The van der Waals surface area contributed by atoms with E-state index in [1.165, 1.54) is 25.7 Å². The zero-order chi connectivity index (χ0) is 23.2. The number of pyridine rings is 1. The number of amides is 1. The Morgan fingerprint density at radius 1 is 0.970 bits per heavy atom. The van der Waals surface area contributed by atoms with E-state index in [1.807, 2.05) is 36.1 Å². The second kappa shape index (κ2) is 8.53. The number of nitrogens with one attached hydrogen (secondary N) is 1. The lowest BCUT2D eigenvalue weighted by molar-refractivity contribution is -0.0221. The molecule has 1 aliphatic carbocycles. The van der Waals surface area contributed by atoms with Crippen LogP contribution in [0.15, 0.2) is 34.8 Å². The average molecular weight is 519 g/mol. The number of carbonyl (C=O) groups is 1. The summed E-state index contributed by atoms with van der Waals surface area (Å²) in [6.07, 6.45) is 4.69. The third-order valence-corrected chi connectivity index (χ3v) is 7.84. The van der Waals surface area contributed by atoms with E-state index in [0.717, 1.165) is 28.9 Å². The highest BCUT2D eigenvalue weighted by molar-refractivity contribution is 9.10. The number of piperidine rings is 2. The molecule has 1 amide bonds. The van der Waals surface area contributed by atoms with Crippen LogP contribution in [-0.2, 0) is 0 Å². The van der Waals surface area contributed by atoms with Crippen LogP contribution in [0.2, 0.25) is 0 Å². The molecule has 1 saturated carbocycles. The Hall–Kier alpha value is -2.22. The van der Waals surface area contributed by atoms with Crippen LogP contribution in [0.5, 0.6) is 0 Å². The van der Waals surface area contributed by atoms with Crippen LogP contribution in [0.1, 0.15) is 54.6 Å². The first-order chi connectivity index (χ1) is 15.7. The van der Waals surface area contributed by atoms with Crippen molar-refractivity contribution in [2.75, 3.05) is 41.3 Å². The predicted molar refractivity (Wildman–Crippen MR) is 131 cm³/mol. The number of anilines is 3. The molecule has 5 nitrogen and oxygen atoms in total. The molecule has 0 unspecified atom stereocenters. The summed E-state index contributed by atoms with van der Waals surface area (Å²) in [7, 11) is 0. The van der Waals surface area contributed by atoms with Crippen LogP contribution < -0.4 is 15.1 Å². The Morgan fingerprint density at radius 2 is 1.64 bits per heavy atom. The van der Waals surface area contributed by atoms with Crippen molar-refractivity contribution in [2.24, 2.45) is 5.41 Å². The minimum absolute atomic E-state index is 0.175. The minimum atomic E-state index is -2.61. The first kappa shape index (κ1) is 22.6. The second-order valence-electron chi connectivity index (χ2n) is 9.80. The molecule has 3 heterocycles. The van der Waals surface area contributed by atoms with Gasteiger partial charge in [-0.2, -0.15) is 0 Å². The number of aryl methyl sites for hydroxylation is 1. The van der Waals surface area contributed by atoms with Gasteiger partial charge in [0.2, 0.25) is 0 Å². The van der Waals surface area contributed by atoms with Crippen molar-refractivity contribution in [3.8, 4) is 0 Å². The third-order valence-electron chi connectivity index (χ3n) is 7.34. The van der Waals surface area contributed by atoms with E-state index in [4.69, 9.17) is 0 Å². The van der Waals surface area contributed by atoms with Crippen LogP contribution in [-0.4, -0.2) is 43.0 Å². The van der Waals surface area contributed by atoms with Crippen molar-refractivity contribution in [1.82, 2.24) is 4.98 Å². The molecule has 1 aromatic heterocycles. The zero-order valence-corrected chi connectivity index (χ0v) is 20.4. The molecule has 0 bridgehead atoms. The SMILES string of the molecule is Cc1cc(NC(=O)c2ccc(Br)cc2N2CCC3(CC2)CC3)cc(N2CCC(F)(F)CC2)n1. The van der Waals surface area contributed by atoms with E-state index in [9.17, 15) is 13.6 Å². The van der Waals surface area contributed by atoms with Crippen LogP contribution in [0.4, 0.5) is 26.0 Å². The molecule has 2 saturated heterocycles. The van der Waals surface area contributed by atoms with Gasteiger partial charge in [-0.15, -0.1) is 0 Å². The van der Waals surface area contributed by atoms with Gasteiger partial charge >= 0.3 is 0 Å². The quantitative estimate of drug-likeness (QED) is 0.537. The molecule has 33 heavy (non-hydrogen) atoms. The maximum absolute atomic E-state index is 13.6. The summed E-state index contributed by atoms with van der Waals surface area (Å²) in [6.45, 7) is 4.29. The summed E-state index contributed by atoms with van der Waals surface area (Å²) < 4.78 is 28.1. The van der Waals surface area contributed by atoms with E-state index in [-0.39, 0.29) is 31.8 Å². The molecule has 2 aliphatic heterocycles. The standard InChI is InChI=1S/C25H29BrF2N4O/c1-17-14-19(16-22(29-17)32-12-8-25(27,28)9-13-32)30-23(33)20-3-2-18(26)15-21(20)31-10-6-24(4-5-24)7-11-31/h2-3,14-16H,4-13H2,1H3,(H,29,30,33). The number of nitrogens with zero attached hydrogens (tertiary/aromatic N) is 3. The van der Waals surface area contributed by atoms with Crippen molar-refractivity contribution >= 4 is 39.0 Å². The van der Waals surface area contributed by atoms with Crippen molar-refractivity contribution in [2.45, 2.75) is 51.4 Å². The summed E-state index contributed by atoms with van der Waals surface area (Å²) in [4.78, 5) is 22.0. The molecule has 2 aromatic rings. The maximum Gasteiger partial charge on any atom is 0.257 e. The summed E-state index contributed by atoms with van der Waals surface area (Å²) in [5, 5.41) is 3.03. The lowest BCUT2D eigenvalue weighted by atomic mass is 9.93. The van der Waals surface area contributed by atoms with Gasteiger partial charge in [-0.1, -0.05) is 15.9 Å². The molecule has 0 atom stereocenters. The fourth-order valence-corrected chi connectivity index (χ4v) is 5.35. The highest BCUT2D eigenvalue weighted by Crippen LogP contribution is 2.54. The molecule has 8 heteroatoms. The molecule has 1 aromatic carbocycles. The van der Waals surface area contributed by atoms with Gasteiger partial charge in [0.25, 0.3) is 11.8 Å². The van der Waals surface area contributed by atoms with Crippen molar-refractivity contribution in [3.63, 3.8) is 0 Å². The Balaban J connectivity index is 1.34. The van der Waals surface area contributed by atoms with Crippen molar-refractivity contribution < 1.29 is 13.6 Å². The smallest absolute Gasteiger partial charge is 0.257 e. The minimum Gasteiger partial charge on any atom is -0.371 e. The van der Waals surface area contributed by atoms with Crippen LogP contribution in [0.3, 0.4) is 0 Å². The second-order valence-corrected chi connectivity index (χ2v) is 10.7. The number of halogens is 3. The van der Waals surface area contributed by atoms with Crippen molar-refractivity contribution in [1.29, 1.82) is 0 Å². The first-order valence-electron chi connectivity index (χ1n) is 11.7. The predicted octanol–water partition coefficient (Wildman–Crippen LogP) is 6.02. The van der Waals surface area contributed by atoms with Gasteiger partial charge in [0, 0.05) is 60.9 Å². The number of carbonyl (C=O) groups excluding carboxylic acids is 1. The normalized spacial score (nSPS) is 21.2. The number of aromatic nitrogens is 1. The van der Waals surface area contributed by atoms with Gasteiger partial charge in [0.1, 0.15) is 5.82 Å². The number of hydrogen-bond acceptors (Lipinski definition) is 4. The molecule has 1 spiro atoms. The Kier molecular flexibility index (Phi) is 5.83. The van der Waals surface area contributed by atoms with Gasteiger partial charge in [0.15, 0.2) is 0 Å². The molecule has 0 radical (unpaired) electrons. The Bertz CT molecular complexity index is 1050. The highest BCUT2D eigenvalue weighted by atomic mass is 79.9. The topological polar surface area (TPSA) is 48.5 Å². The molecule has 3 fully saturated rings. The van der Waals surface area contributed by atoms with E-state index in [1.54, 1.807) is 6.07 Å². The van der Waals surface area contributed by atoms with Gasteiger partial charge in [-0.3, -0.25) is 4.79 Å². The number of hydrogen-bond donors (Lipinski definition) is 1. The molecular formula is C25H29BrF2N4O. The van der Waals surface area contributed by atoms with Gasteiger partial charge < -0.3 is 15.1 Å². The number of alkyl halides is 2. The van der Waals surface area contributed by atoms with E-state index in [2.05, 4.69) is 31.1 Å².